The Morgan fingerprint density at radius 1 is 1.60 bits per heavy atom. The van der Waals surface area contributed by atoms with E-state index >= 15 is 0 Å². The van der Waals surface area contributed by atoms with E-state index in [-0.39, 0.29) is 5.31 Å². The van der Waals surface area contributed by atoms with Gasteiger partial charge in [0.1, 0.15) is 11.4 Å². The van der Waals surface area contributed by atoms with Crippen molar-refractivity contribution in [3.05, 3.63) is 29.5 Å². The Hall–Kier alpha value is -1.34. The number of nitrogens with zero attached hydrogens (tertiary/aromatic N) is 1. The van der Waals surface area contributed by atoms with Gasteiger partial charge >= 0.3 is 7.60 Å². The maximum Gasteiger partial charge on any atom is 0.371 e. The molecule has 1 aromatic heterocycles. The Labute approximate surface area is 87.4 Å². The summed E-state index contributed by atoms with van der Waals surface area (Å²) < 4.78 is 26.1. The molecule has 0 aliphatic heterocycles. The molecule has 1 heterocycles. The molecule has 0 spiro atoms. The maximum atomic E-state index is 11.8. The summed E-state index contributed by atoms with van der Waals surface area (Å²) in [5, 5.41) is 8.78. The first-order chi connectivity index (χ1) is 7.16. The molecule has 1 rings (SSSR count). The molecule has 0 fully saturated rings. The molecule has 1 aromatic rings. The molecule has 0 saturated carbocycles. The molecule has 0 aromatic carbocycles. The summed E-state index contributed by atoms with van der Waals surface area (Å²) in [4.78, 5) is 0. The van der Waals surface area contributed by atoms with Crippen LogP contribution in [0.3, 0.4) is 0 Å². The minimum absolute atomic E-state index is 0.0612. The van der Waals surface area contributed by atoms with Crippen LogP contribution >= 0.6 is 7.60 Å². The molecule has 0 aliphatic carbocycles. The minimum Gasteiger partial charge on any atom is -0.472 e. The fourth-order valence-electron chi connectivity index (χ4n) is 0.959. The summed E-state index contributed by atoms with van der Waals surface area (Å²) >= 11 is 0. The summed E-state index contributed by atoms with van der Waals surface area (Å²) in [7, 11) is -1.02. The van der Waals surface area contributed by atoms with E-state index < -0.39 is 7.60 Å². The average Bonchev–Trinajstić information content (AvgIpc) is 2.77. The van der Waals surface area contributed by atoms with E-state index in [0.717, 1.165) is 0 Å². The van der Waals surface area contributed by atoms with Gasteiger partial charge in [0.2, 0.25) is 0 Å². The lowest BCUT2D eigenvalue weighted by Gasteiger charge is -2.11. The highest BCUT2D eigenvalue weighted by molar-refractivity contribution is 7.59. The van der Waals surface area contributed by atoms with Crippen molar-refractivity contribution >= 4 is 13.7 Å². The second-order valence-electron chi connectivity index (χ2n) is 2.56. The first kappa shape index (κ1) is 11.7. The van der Waals surface area contributed by atoms with Crippen molar-refractivity contribution in [3.63, 3.8) is 0 Å². The van der Waals surface area contributed by atoms with Crippen molar-refractivity contribution in [1.29, 1.82) is 5.26 Å². The van der Waals surface area contributed by atoms with Crippen molar-refractivity contribution in [2.45, 2.75) is 0 Å². The molecule has 0 atom stereocenters. The van der Waals surface area contributed by atoms with E-state index in [0.29, 0.717) is 5.56 Å². The van der Waals surface area contributed by atoms with E-state index in [1.807, 2.05) is 0 Å². The summed E-state index contributed by atoms with van der Waals surface area (Å²) in [5.74, 6) is 0. The van der Waals surface area contributed by atoms with Gasteiger partial charge in [-0.15, -0.1) is 0 Å². The fourth-order valence-corrected chi connectivity index (χ4v) is 1.93. The van der Waals surface area contributed by atoms with Crippen LogP contribution in [0.25, 0.3) is 6.08 Å². The molecular weight excluding hydrogens is 217 g/mol. The summed E-state index contributed by atoms with van der Waals surface area (Å²) in [6, 6.07) is 3.42. The Balaban J connectivity index is 3.10. The zero-order chi connectivity index (χ0) is 11.3. The quantitative estimate of drug-likeness (QED) is 0.583. The van der Waals surface area contributed by atoms with Crippen molar-refractivity contribution in [2.75, 3.05) is 14.2 Å². The standard InChI is InChI=1S/C9H10NO4P/c1-12-15(11,13-2)9(6-10)5-8-3-4-14-7-8/h3-5,7H,1-2H3/b9-5+. The molecule has 15 heavy (non-hydrogen) atoms. The third-order valence-corrected chi connectivity index (χ3v) is 3.52. The van der Waals surface area contributed by atoms with E-state index in [2.05, 4.69) is 0 Å². The van der Waals surface area contributed by atoms with E-state index in [9.17, 15) is 4.57 Å². The van der Waals surface area contributed by atoms with Gasteiger partial charge in [-0.3, -0.25) is 4.57 Å². The van der Waals surface area contributed by atoms with Gasteiger partial charge in [0.15, 0.2) is 0 Å². The molecule has 0 amide bonds. The van der Waals surface area contributed by atoms with Crippen LogP contribution in [-0.4, -0.2) is 14.2 Å². The number of furan rings is 1. The van der Waals surface area contributed by atoms with Gasteiger partial charge in [-0.2, -0.15) is 5.26 Å². The largest absolute Gasteiger partial charge is 0.472 e. The van der Waals surface area contributed by atoms with Crippen LogP contribution < -0.4 is 0 Å². The molecule has 0 radical (unpaired) electrons. The predicted octanol–water partition coefficient (Wildman–Crippen LogP) is 2.63. The molecular formula is C9H10NO4P. The third kappa shape index (κ3) is 2.57. The first-order valence-corrected chi connectivity index (χ1v) is 5.56. The maximum absolute atomic E-state index is 11.8. The smallest absolute Gasteiger partial charge is 0.371 e. The van der Waals surface area contributed by atoms with Gasteiger partial charge in [-0.05, 0) is 12.1 Å². The van der Waals surface area contributed by atoms with Crippen LogP contribution in [0.1, 0.15) is 5.56 Å². The highest BCUT2D eigenvalue weighted by atomic mass is 31.2. The second kappa shape index (κ2) is 4.94. The second-order valence-corrected chi connectivity index (χ2v) is 4.77. The van der Waals surface area contributed by atoms with E-state index in [1.54, 1.807) is 12.1 Å². The monoisotopic (exact) mass is 227 g/mol. The number of hydrogen-bond donors (Lipinski definition) is 0. The van der Waals surface area contributed by atoms with E-state index in [1.165, 1.54) is 32.8 Å². The normalized spacial score (nSPS) is 12.5. The number of rotatable bonds is 4. The average molecular weight is 227 g/mol. The lowest BCUT2D eigenvalue weighted by Crippen LogP contribution is -1.90. The van der Waals surface area contributed by atoms with Crippen LogP contribution in [-0.2, 0) is 13.6 Å². The topological polar surface area (TPSA) is 72.5 Å². The molecule has 5 nitrogen and oxygen atoms in total. The Kier molecular flexibility index (Phi) is 3.87. The Bertz CT molecular complexity index is 421. The predicted molar refractivity (Wildman–Crippen MR) is 53.9 cm³/mol. The van der Waals surface area contributed by atoms with Gasteiger partial charge in [0.25, 0.3) is 0 Å². The number of hydrogen-bond acceptors (Lipinski definition) is 5. The number of allylic oxidation sites excluding steroid dienone is 1. The van der Waals surface area contributed by atoms with Crippen molar-refractivity contribution in [2.24, 2.45) is 0 Å². The van der Waals surface area contributed by atoms with Crippen molar-refractivity contribution < 1.29 is 18.0 Å². The molecule has 0 aliphatic rings. The summed E-state index contributed by atoms with van der Waals surface area (Å²) in [6.45, 7) is 0. The lowest BCUT2D eigenvalue weighted by atomic mass is 10.3. The molecule has 0 bridgehead atoms. The molecule has 0 saturated heterocycles. The van der Waals surface area contributed by atoms with Gasteiger partial charge in [0.05, 0.1) is 12.5 Å². The fraction of sp³-hybridized carbons (Fsp3) is 0.222. The van der Waals surface area contributed by atoms with Gasteiger partial charge < -0.3 is 13.5 Å². The summed E-state index contributed by atoms with van der Waals surface area (Å²) in [5.41, 5.74) is 0.626. The minimum atomic E-state index is -3.47. The molecule has 6 heteroatoms. The number of nitriles is 1. The Morgan fingerprint density at radius 2 is 2.27 bits per heavy atom. The van der Waals surface area contributed by atoms with Gasteiger partial charge in [-0.25, -0.2) is 0 Å². The SMILES string of the molecule is COP(=O)(OC)/C(C#N)=C/c1ccoc1. The van der Waals surface area contributed by atoms with Crippen LogP contribution in [0.4, 0.5) is 0 Å². The van der Waals surface area contributed by atoms with Crippen LogP contribution in [0.2, 0.25) is 0 Å². The molecule has 0 unspecified atom stereocenters. The zero-order valence-electron chi connectivity index (χ0n) is 8.34. The van der Waals surface area contributed by atoms with Crippen LogP contribution in [0, 0.1) is 11.3 Å². The zero-order valence-corrected chi connectivity index (χ0v) is 9.23. The van der Waals surface area contributed by atoms with Gasteiger partial charge in [-0.1, -0.05) is 0 Å². The molecule has 80 valence electrons. The highest BCUT2D eigenvalue weighted by Gasteiger charge is 2.27. The summed E-state index contributed by atoms with van der Waals surface area (Å²) in [6.07, 6.45) is 4.27. The van der Waals surface area contributed by atoms with Crippen molar-refractivity contribution in [3.8, 4) is 6.07 Å². The Morgan fingerprint density at radius 3 is 2.67 bits per heavy atom. The van der Waals surface area contributed by atoms with E-state index in [4.69, 9.17) is 18.7 Å². The highest BCUT2D eigenvalue weighted by Crippen LogP contribution is 2.54. The lowest BCUT2D eigenvalue weighted by molar-refractivity contribution is 0.284. The molecule has 0 N–H and O–H groups in total. The van der Waals surface area contributed by atoms with Crippen LogP contribution in [0.15, 0.2) is 28.3 Å². The van der Waals surface area contributed by atoms with Crippen LogP contribution in [0.5, 0.6) is 0 Å². The first-order valence-electron chi connectivity index (χ1n) is 4.02. The van der Waals surface area contributed by atoms with Gasteiger partial charge in [0, 0.05) is 19.8 Å². The third-order valence-electron chi connectivity index (χ3n) is 1.74. The van der Waals surface area contributed by atoms with Crippen molar-refractivity contribution in [1.82, 2.24) is 0 Å².